The Morgan fingerprint density at radius 3 is 2.31 bits per heavy atom. The summed E-state index contributed by atoms with van der Waals surface area (Å²) in [4.78, 5) is 0. The largest absolute Gasteiger partial charge is 3.00 e. The van der Waals surface area contributed by atoms with E-state index >= 15 is 0 Å². The average Bonchev–Trinajstić information content (AvgIpc) is 2.23. The fourth-order valence-corrected chi connectivity index (χ4v) is 2.53. The molecule has 1 aromatic carbocycles. The van der Waals surface area contributed by atoms with Crippen LogP contribution in [0.25, 0.3) is 0 Å². The second-order valence-corrected chi connectivity index (χ2v) is 5.20. The molecular weight excluding hydrogens is 269 g/mol. The van der Waals surface area contributed by atoms with Crippen LogP contribution in [0.5, 0.6) is 0 Å². The topological polar surface area (TPSA) is 0 Å². The maximum Gasteiger partial charge on any atom is 3.00 e. The van der Waals surface area contributed by atoms with Gasteiger partial charge in [0, 0.05) is 0 Å². The molecule has 16 heavy (non-hydrogen) atoms. The maximum absolute atomic E-state index is 3.38. The van der Waals surface area contributed by atoms with E-state index in [1.807, 2.05) is 0 Å². The molecule has 82 valence electrons. The van der Waals surface area contributed by atoms with Gasteiger partial charge in [0.05, 0.1) is 0 Å². The van der Waals surface area contributed by atoms with Crippen LogP contribution in [0.4, 0.5) is 0 Å². The summed E-state index contributed by atoms with van der Waals surface area (Å²) < 4.78 is 0. The van der Waals surface area contributed by atoms with Crippen molar-refractivity contribution < 1.29 is 32.7 Å². The Balaban J connectivity index is 0.00000128. The van der Waals surface area contributed by atoms with Crippen LogP contribution in [0, 0.1) is 25.8 Å². The average molecular weight is 290 g/mol. The minimum Gasteiger partial charge on any atom is -0.180 e. The zero-order valence-corrected chi connectivity index (χ0v) is 13.6. The third-order valence-electron chi connectivity index (χ3n) is 3.92. The minimum atomic E-state index is 0. The van der Waals surface area contributed by atoms with Crippen LogP contribution < -0.4 is 0 Å². The summed E-state index contributed by atoms with van der Waals surface area (Å²) in [6, 6.07) is 7.96. The van der Waals surface area contributed by atoms with Gasteiger partial charge < -0.3 is 0 Å². The standard InChI is InChI=1S/C15H21.Y/c1-11-4-7-14(8-5-11)15-9-6-12(2)13(3)10-15;/h9-11,14H,4-5,7-8H2,1-3H3;/q-1;+3. The first-order valence-corrected chi connectivity index (χ1v) is 6.15. The Bertz CT molecular complexity index is 335. The van der Waals surface area contributed by atoms with Crippen molar-refractivity contribution in [2.75, 3.05) is 0 Å². The van der Waals surface area contributed by atoms with E-state index in [-0.39, 0.29) is 32.7 Å². The van der Waals surface area contributed by atoms with E-state index in [1.54, 1.807) is 0 Å². The van der Waals surface area contributed by atoms with Gasteiger partial charge in [-0.05, 0) is 5.92 Å². The van der Waals surface area contributed by atoms with E-state index in [4.69, 9.17) is 0 Å². The van der Waals surface area contributed by atoms with Gasteiger partial charge in [-0.3, -0.25) is 0 Å². The van der Waals surface area contributed by atoms with Crippen LogP contribution in [0.3, 0.4) is 0 Å². The maximum atomic E-state index is 3.38. The van der Waals surface area contributed by atoms with E-state index < -0.39 is 0 Å². The first-order chi connectivity index (χ1) is 7.16. The molecule has 1 saturated carbocycles. The second kappa shape index (κ2) is 6.31. The Hall–Kier alpha value is 0.324. The summed E-state index contributed by atoms with van der Waals surface area (Å²) in [5.74, 6) is 1.74. The molecule has 0 unspecified atom stereocenters. The summed E-state index contributed by atoms with van der Waals surface area (Å²) in [6.07, 6.45) is 5.55. The molecule has 1 aliphatic carbocycles. The molecule has 1 heteroatoms. The second-order valence-electron chi connectivity index (χ2n) is 5.20. The van der Waals surface area contributed by atoms with Crippen molar-refractivity contribution in [3.05, 3.63) is 34.9 Å². The van der Waals surface area contributed by atoms with Gasteiger partial charge in [-0.25, -0.2) is 0 Å². The summed E-state index contributed by atoms with van der Waals surface area (Å²) in [5.41, 5.74) is 4.21. The van der Waals surface area contributed by atoms with E-state index in [1.165, 1.54) is 42.4 Å². The van der Waals surface area contributed by atoms with Gasteiger partial charge in [-0.15, -0.1) is 0 Å². The minimum absolute atomic E-state index is 0. The molecule has 1 aromatic rings. The normalized spacial score (nSPS) is 24.9. The number of hydrogen-bond donors (Lipinski definition) is 0. The molecule has 0 N–H and O–H groups in total. The first kappa shape index (κ1) is 14.4. The number of aryl methyl sites for hydroxylation is 2. The molecule has 0 amide bonds. The third kappa shape index (κ3) is 3.41. The van der Waals surface area contributed by atoms with Crippen LogP contribution >= 0.6 is 0 Å². The quantitative estimate of drug-likeness (QED) is 0.673. The number of benzene rings is 1. The van der Waals surface area contributed by atoms with Crippen molar-refractivity contribution in [1.82, 2.24) is 0 Å². The summed E-state index contributed by atoms with van der Waals surface area (Å²) >= 11 is 0. The van der Waals surface area contributed by atoms with E-state index in [0.717, 1.165) is 11.8 Å². The van der Waals surface area contributed by atoms with Crippen LogP contribution in [-0.2, 0) is 32.7 Å². The monoisotopic (exact) mass is 290 g/mol. The molecule has 2 rings (SSSR count). The number of hydrogen-bond acceptors (Lipinski definition) is 0. The van der Waals surface area contributed by atoms with Crippen molar-refractivity contribution in [3.8, 4) is 0 Å². The predicted molar refractivity (Wildman–Crippen MR) is 65.1 cm³/mol. The molecule has 0 spiro atoms. The SMILES string of the molecule is Cc1[c-]cc(C2CCC(C)CC2)cc1C.[Y+3]. The zero-order chi connectivity index (χ0) is 10.8. The van der Waals surface area contributed by atoms with Gasteiger partial charge in [0.15, 0.2) is 0 Å². The molecule has 0 nitrogen and oxygen atoms in total. The Morgan fingerprint density at radius 1 is 1.12 bits per heavy atom. The Kier molecular flexibility index (Phi) is 5.67. The van der Waals surface area contributed by atoms with Crippen LogP contribution in [0.2, 0.25) is 0 Å². The molecule has 0 atom stereocenters. The van der Waals surface area contributed by atoms with Crippen LogP contribution in [-0.4, -0.2) is 0 Å². The van der Waals surface area contributed by atoms with E-state index in [2.05, 4.69) is 39.0 Å². The fourth-order valence-electron chi connectivity index (χ4n) is 2.53. The third-order valence-corrected chi connectivity index (χ3v) is 3.92. The van der Waals surface area contributed by atoms with Gasteiger partial charge in [0.1, 0.15) is 0 Å². The molecule has 0 radical (unpaired) electrons. The van der Waals surface area contributed by atoms with Crippen molar-refractivity contribution in [3.63, 3.8) is 0 Å². The predicted octanol–water partition coefficient (Wildman–Crippen LogP) is 4.39. The molecule has 1 aliphatic rings. The molecular formula is C15H21Y+2. The van der Waals surface area contributed by atoms with E-state index in [0.29, 0.717) is 0 Å². The molecule has 0 heterocycles. The van der Waals surface area contributed by atoms with Crippen molar-refractivity contribution in [1.29, 1.82) is 0 Å². The van der Waals surface area contributed by atoms with Gasteiger partial charge in [-0.1, -0.05) is 52.4 Å². The summed E-state index contributed by atoms with van der Waals surface area (Å²) in [5, 5.41) is 0. The first-order valence-electron chi connectivity index (χ1n) is 6.15. The van der Waals surface area contributed by atoms with Gasteiger partial charge >= 0.3 is 32.7 Å². The van der Waals surface area contributed by atoms with Crippen LogP contribution in [0.15, 0.2) is 12.1 Å². The van der Waals surface area contributed by atoms with Crippen LogP contribution in [0.1, 0.15) is 55.2 Å². The molecule has 0 aliphatic heterocycles. The molecule has 0 aromatic heterocycles. The van der Waals surface area contributed by atoms with E-state index in [9.17, 15) is 0 Å². The molecule has 1 fully saturated rings. The van der Waals surface area contributed by atoms with Gasteiger partial charge in [0.25, 0.3) is 0 Å². The molecule has 0 bridgehead atoms. The number of rotatable bonds is 1. The molecule has 0 saturated heterocycles. The van der Waals surface area contributed by atoms with Gasteiger partial charge in [-0.2, -0.15) is 34.9 Å². The zero-order valence-electron chi connectivity index (χ0n) is 10.7. The Morgan fingerprint density at radius 2 is 1.75 bits per heavy atom. The van der Waals surface area contributed by atoms with Crippen molar-refractivity contribution in [2.24, 2.45) is 5.92 Å². The smallest absolute Gasteiger partial charge is 0.180 e. The summed E-state index contributed by atoms with van der Waals surface area (Å²) in [6.45, 7) is 6.71. The Labute approximate surface area is 125 Å². The summed E-state index contributed by atoms with van der Waals surface area (Å²) in [7, 11) is 0. The van der Waals surface area contributed by atoms with Gasteiger partial charge in [0.2, 0.25) is 0 Å². The fraction of sp³-hybridized carbons (Fsp3) is 0.600. The van der Waals surface area contributed by atoms with Crippen molar-refractivity contribution >= 4 is 0 Å². The van der Waals surface area contributed by atoms with Crippen molar-refractivity contribution in [2.45, 2.75) is 52.4 Å².